The lowest BCUT2D eigenvalue weighted by Gasteiger charge is -2.27. The molecule has 2 amide bonds. The van der Waals surface area contributed by atoms with Crippen LogP contribution in [-0.4, -0.2) is 25.5 Å². The fraction of sp³-hybridized carbons (Fsp3) is 0.333. The number of carbonyl (C=O) groups is 2. The lowest BCUT2D eigenvalue weighted by molar-refractivity contribution is -0.120. The predicted octanol–water partition coefficient (Wildman–Crippen LogP) is 4.77. The van der Waals surface area contributed by atoms with Crippen molar-refractivity contribution in [1.82, 2.24) is 0 Å². The van der Waals surface area contributed by atoms with Crippen LogP contribution in [-0.2, 0) is 9.59 Å². The molecule has 27 heavy (non-hydrogen) atoms. The van der Waals surface area contributed by atoms with Gasteiger partial charge in [-0.25, -0.2) is 0 Å². The van der Waals surface area contributed by atoms with E-state index >= 15 is 0 Å². The molecule has 0 aliphatic rings. The Balaban J connectivity index is 2.32. The molecule has 0 fully saturated rings. The molecule has 0 spiro atoms. The van der Waals surface area contributed by atoms with E-state index in [1.54, 1.807) is 18.2 Å². The summed E-state index contributed by atoms with van der Waals surface area (Å²) in [5.74, 6) is 0.196. The van der Waals surface area contributed by atoms with Crippen molar-refractivity contribution in [1.29, 1.82) is 0 Å². The Morgan fingerprint density at radius 3 is 2.52 bits per heavy atom. The zero-order valence-corrected chi connectivity index (χ0v) is 17.1. The maximum atomic E-state index is 12.7. The van der Waals surface area contributed by atoms with E-state index in [0.717, 1.165) is 16.8 Å². The van der Waals surface area contributed by atoms with Crippen molar-refractivity contribution in [2.75, 3.05) is 23.9 Å². The molecule has 0 unspecified atom stereocenters. The van der Waals surface area contributed by atoms with Crippen LogP contribution in [0.3, 0.4) is 0 Å². The summed E-state index contributed by atoms with van der Waals surface area (Å²) in [6.45, 7) is 7.43. The predicted molar refractivity (Wildman–Crippen MR) is 110 cm³/mol. The zero-order chi connectivity index (χ0) is 20.1. The van der Waals surface area contributed by atoms with Gasteiger partial charge in [0, 0.05) is 11.9 Å². The second kappa shape index (κ2) is 8.91. The largest absolute Gasteiger partial charge is 0.495 e. The van der Waals surface area contributed by atoms with Crippen LogP contribution < -0.4 is 15.0 Å². The van der Waals surface area contributed by atoms with Gasteiger partial charge >= 0.3 is 0 Å². The maximum absolute atomic E-state index is 12.7. The van der Waals surface area contributed by atoms with Crippen LogP contribution in [0.15, 0.2) is 36.4 Å². The quantitative estimate of drug-likeness (QED) is 0.775. The number of amides is 2. The van der Waals surface area contributed by atoms with E-state index in [1.807, 2.05) is 25.1 Å². The first kappa shape index (κ1) is 20.8. The molecule has 0 aliphatic heterocycles. The minimum Gasteiger partial charge on any atom is -0.495 e. The van der Waals surface area contributed by atoms with E-state index in [4.69, 9.17) is 16.3 Å². The summed E-state index contributed by atoms with van der Waals surface area (Å²) in [6, 6.07) is 10.9. The van der Waals surface area contributed by atoms with E-state index in [1.165, 1.54) is 18.9 Å². The molecule has 5 nitrogen and oxygen atoms in total. The number of hydrogen-bond acceptors (Lipinski definition) is 3. The molecular weight excluding hydrogens is 364 g/mol. The molecule has 0 heterocycles. The highest BCUT2D eigenvalue weighted by molar-refractivity contribution is 6.31. The topological polar surface area (TPSA) is 58.6 Å². The summed E-state index contributed by atoms with van der Waals surface area (Å²) in [4.78, 5) is 26.5. The van der Waals surface area contributed by atoms with Gasteiger partial charge in [-0.2, -0.15) is 0 Å². The van der Waals surface area contributed by atoms with Gasteiger partial charge in [-0.1, -0.05) is 43.6 Å². The average molecular weight is 389 g/mol. The number of para-hydroxylation sites is 1. The van der Waals surface area contributed by atoms with Gasteiger partial charge in [-0.3, -0.25) is 9.59 Å². The van der Waals surface area contributed by atoms with Crippen molar-refractivity contribution in [2.24, 2.45) is 0 Å². The first-order chi connectivity index (χ1) is 12.7. The third kappa shape index (κ3) is 5.01. The monoisotopic (exact) mass is 388 g/mol. The number of halogens is 1. The Labute approximate surface area is 165 Å². The lowest BCUT2D eigenvalue weighted by Crippen LogP contribution is -2.37. The molecule has 0 aliphatic carbocycles. The van der Waals surface area contributed by atoms with Crippen molar-refractivity contribution >= 4 is 34.8 Å². The van der Waals surface area contributed by atoms with E-state index in [2.05, 4.69) is 19.2 Å². The number of nitrogens with one attached hydrogen (secondary N) is 1. The number of ether oxygens (including phenoxy) is 1. The highest BCUT2D eigenvalue weighted by Crippen LogP contribution is 2.32. The Kier molecular flexibility index (Phi) is 6.86. The molecular formula is C21H25ClN2O3. The molecule has 0 atom stereocenters. The van der Waals surface area contributed by atoms with Gasteiger partial charge in [0.05, 0.1) is 18.5 Å². The molecule has 0 saturated carbocycles. The third-order valence-electron chi connectivity index (χ3n) is 4.28. The van der Waals surface area contributed by atoms with Crippen LogP contribution in [0, 0.1) is 6.92 Å². The van der Waals surface area contributed by atoms with Gasteiger partial charge in [0.15, 0.2) is 0 Å². The van der Waals surface area contributed by atoms with Crippen LogP contribution in [0.1, 0.15) is 37.8 Å². The maximum Gasteiger partial charge on any atom is 0.244 e. The first-order valence-electron chi connectivity index (χ1n) is 8.75. The fourth-order valence-electron chi connectivity index (χ4n) is 2.98. The first-order valence-corrected chi connectivity index (χ1v) is 9.13. The van der Waals surface area contributed by atoms with Crippen molar-refractivity contribution in [3.8, 4) is 5.75 Å². The summed E-state index contributed by atoms with van der Waals surface area (Å²) in [7, 11) is 1.52. The molecule has 0 bridgehead atoms. The molecule has 0 aromatic heterocycles. The minimum absolute atomic E-state index is 0.102. The number of carbonyl (C=O) groups excluding carboxylic acids is 2. The minimum atomic E-state index is -0.330. The molecule has 2 rings (SSSR count). The summed E-state index contributed by atoms with van der Waals surface area (Å²) in [6.07, 6.45) is 0. The van der Waals surface area contributed by atoms with Crippen LogP contribution in [0.2, 0.25) is 5.02 Å². The standard InChI is InChI=1S/C21H25ClN2O3/c1-13(2)17-8-6-7-14(3)21(17)24(15(4)25)12-20(26)23-18-11-16(22)9-10-19(18)27-5/h6-11,13H,12H2,1-5H3,(H,23,26). The highest BCUT2D eigenvalue weighted by Gasteiger charge is 2.22. The summed E-state index contributed by atoms with van der Waals surface area (Å²) >= 11 is 6.01. The highest BCUT2D eigenvalue weighted by atomic mass is 35.5. The Hall–Kier alpha value is -2.53. The summed E-state index contributed by atoms with van der Waals surface area (Å²) in [5, 5.41) is 3.27. The smallest absolute Gasteiger partial charge is 0.244 e. The normalized spacial score (nSPS) is 10.6. The molecule has 144 valence electrons. The van der Waals surface area contributed by atoms with Crippen molar-refractivity contribution in [3.63, 3.8) is 0 Å². The van der Waals surface area contributed by atoms with Gasteiger partial charge in [0.2, 0.25) is 11.8 Å². The number of aryl methyl sites for hydroxylation is 1. The average Bonchev–Trinajstić information content (AvgIpc) is 2.59. The summed E-state index contributed by atoms with van der Waals surface area (Å²) in [5.41, 5.74) is 3.23. The number of nitrogens with zero attached hydrogens (tertiary/aromatic N) is 1. The molecule has 2 aromatic carbocycles. The van der Waals surface area contributed by atoms with Crippen LogP contribution in [0.4, 0.5) is 11.4 Å². The Morgan fingerprint density at radius 1 is 1.22 bits per heavy atom. The lowest BCUT2D eigenvalue weighted by atomic mass is 9.97. The number of methoxy groups -OCH3 is 1. The molecule has 6 heteroatoms. The van der Waals surface area contributed by atoms with Crippen molar-refractivity contribution in [2.45, 2.75) is 33.6 Å². The second-order valence-electron chi connectivity index (χ2n) is 6.67. The number of benzene rings is 2. The van der Waals surface area contributed by atoms with E-state index in [0.29, 0.717) is 16.5 Å². The number of anilines is 2. The fourth-order valence-corrected chi connectivity index (χ4v) is 3.15. The van der Waals surface area contributed by atoms with Gasteiger partial charge in [0.1, 0.15) is 12.3 Å². The summed E-state index contributed by atoms with van der Waals surface area (Å²) < 4.78 is 5.25. The Morgan fingerprint density at radius 2 is 1.93 bits per heavy atom. The molecule has 0 radical (unpaired) electrons. The zero-order valence-electron chi connectivity index (χ0n) is 16.3. The number of hydrogen-bond donors (Lipinski definition) is 1. The third-order valence-corrected chi connectivity index (χ3v) is 4.51. The SMILES string of the molecule is COc1ccc(Cl)cc1NC(=O)CN(C(C)=O)c1c(C)cccc1C(C)C. The van der Waals surface area contributed by atoms with E-state index < -0.39 is 0 Å². The van der Waals surface area contributed by atoms with Gasteiger partial charge in [-0.15, -0.1) is 0 Å². The van der Waals surface area contributed by atoms with Gasteiger partial charge < -0.3 is 15.0 Å². The van der Waals surface area contributed by atoms with Crippen LogP contribution in [0.25, 0.3) is 0 Å². The van der Waals surface area contributed by atoms with Crippen molar-refractivity contribution in [3.05, 3.63) is 52.5 Å². The van der Waals surface area contributed by atoms with Crippen LogP contribution in [0.5, 0.6) is 5.75 Å². The van der Waals surface area contributed by atoms with E-state index in [9.17, 15) is 9.59 Å². The molecule has 0 saturated heterocycles. The van der Waals surface area contributed by atoms with Crippen molar-refractivity contribution < 1.29 is 14.3 Å². The Bertz CT molecular complexity index is 849. The van der Waals surface area contributed by atoms with E-state index in [-0.39, 0.29) is 24.3 Å². The number of rotatable bonds is 6. The van der Waals surface area contributed by atoms with Gasteiger partial charge in [0.25, 0.3) is 0 Å². The van der Waals surface area contributed by atoms with Crippen LogP contribution >= 0.6 is 11.6 Å². The molecule has 1 N–H and O–H groups in total. The van der Waals surface area contributed by atoms with Gasteiger partial charge in [-0.05, 0) is 42.2 Å². The second-order valence-corrected chi connectivity index (χ2v) is 7.10. The molecule has 2 aromatic rings.